The molecule has 0 aromatic heterocycles. The average molecular weight is 233 g/mol. The van der Waals surface area contributed by atoms with Gasteiger partial charge in [0, 0.05) is 0 Å². The van der Waals surface area contributed by atoms with Gasteiger partial charge in [-0.3, -0.25) is 0 Å². The molecule has 0 amide bonds. The Bertz CT molecular complexity index is 549. The number of rotatable bonds is 5. The zero-order chi connectivity index (χ0) is 12.8. The maximum absolute atomic E-state index is 3.85. The molecule has 0 aliphatic carbocycles. The van der Waals surface area contributed by atoms with Crippen molar-refractivity contribution in [1.82, 2.24) is 0 Å². The molecule has 0 saturated carbocycles. The van der Waals surface area contributed by atoms with Crippen molar-refractivity contribution in [2.24, 2.45) is 0 Å². The Hall–Kier alpha value is -2.08. The maximum Gasteiger partial charge on any atom is -0.00490 e. The molecule has 89 valence electrons. The highest BCUT2D eigenvalue weighted by Crippen LogP contribution is 2.16. The van der Waals surface area contributed by atoms with E-state index in [1.54, 1.807) is 0 Å². The summed E-state index contributed by atoms with van der Waals surface area (Å²) in [5.74, 6) is 0. The van der Waals surface area contributed by atoms with E-state index in [0.717, 1.165) is 12.0 Å². The molecule has 0 saturated heterocycles. The summed E-state index contributed by atoms with van der Waals surface area (Å²) >= 11 is 0. The van der Waals surface area contributed by atoms with Gasteiger partial charge in [0.1, 0.15) is 0 Å². The lowest BCUT2D eigenvalue weighted by molar-refractivity contribution is 1.16. The number of benzene rings is 2. The van der Waals surface area contributed by atoms with Crippen molar-refractivity contribution in [2.45, 2.75) is 6.42 Å². The second-order valence-electron chi connectivity index (χ2n) is 4.19. The third kappa shape index (κ3) is 2.98. The fourth-order valence-electron chi connectivity index (χ4n) is 1.96. The van der Waals surface area contributed by atoms with E-state index in [4.69, 9.17) is 0 Å². The summed E-state index contributed by atoms with van der Waals surface area (Å²) in [5, 5.41) is 0. The summed E-state index contributed by atoms with van der Waals surface area (Å²) in [4.78, 5) is 0. The molecule has 0 spiro atoms. The van der Waals surface area contributed by atoms with E-state index in [2.05, 4.69) is 62.0 Å². The van der Waals surface area contributed by atoms with E-state index in [1.165, 1.54) is 16.7 Å². The SMILES string of the molecule is C=Cc1cccc([CH]Cc2ccccc2C=C)c1. The highest BCUT2D eigenvalue weighted by Gasteiger charge is 2.00. The summed E-state index contributed by atoms with van der Waals surface area (Å²) in [5.41, 5.74) is 4.89. The zero-order valence-electron chi connectivity index (χ0n) is 10.5. The van der Waals surface area contributed by atoms with Gasteiger partial charge < -0.3 is 0 Å². The predicted octanol–water partition coefficient (Wildman–Crippen LogP) is 4.77. The smallest absolute Gasteiger partial charge is 0.00490 e. The summed E-state index contributed by atoms with van der Waals surface area (Å²) < 4.78 is 0. The molecule has 0 unspecified atom stereocenters. The van der Waals surface area contributed by atoms with E-state index in [1.807, 2.05) is 18.2 Å². The molecule has 0 heteroatoms. The van der Waals surface area contributed by atoms with Gasteiger partial charge in [0.15, 0.2) is 0 Å². The Morgan fingerprint density at radius 2 is 1.61 bits per heavy atom. The lowest BCUT2D eigenvalue weighted by atomic mass is 9.99. The van der Waals surface area contributed by atoms with Crippen molar-refractivity contribution in [3.63, 3.8) is 0 Å². The summed E-state index contributed by atoms with van der Waals surface area (Å²) in [7, 11) is 0. The second kappa shape index (κ2) is 6.02. The quantitative estimate of drug-likeness (QED) is 0.698. The molecule has 0 bridgehead atoms. The van der Waals surface area contributed by atoms with E-state index < -0.39 is 0 Å². The van der Waals surface area contributed by atoms with Crippen molar-refractivity contribution >= 4 is 12.2 Å². The van der Waals surface area contributed by atoms with Gasteiger partial charge in [-0.25, -0.2) is 0 Å². The monoisotopic (exact) mass is 233 g/mol. The van der Waals surface area contributed by atoms with Crippen LogP contribution in [0.15, 0.2) is 61.7 Å². The van der Waals surface area contributed by atoms with Crippen LogP contribution in [-0.2, 0) is 6.42 Å². The van der Waals surface area contributed by atoms with Crippen LogP contribution in [0, 0.1) is 6.42 Å². The van der Waals surface area contributed by atoms with Crippen LogP contribution in [0.3, 0.4) is 0 Å². The lowest BCUT2D eigenvalue weighted by Crippen LogP contribution is -1.92. The Morgan fingerprint density at radius 1 is 0.833 bits per heavy atom. The largest absolute Gasteiger partial charge is 0.0985 e. The summed E-state index contributed by atoms with van der Waals surface area (Å²) in [6.07, 6.45) is 6.93. The van der Waals surface area contributed by atoms with Crippen molar-refractivity contribution in [3.05, 3.63) is 90.4 Å². The minimum absolute atomic E-state index is 0.919. The first-order chi connectivity index (χ1) is 8.83. The van der Waals surface area contributed by atoms with E-state index in [-0.39, 0.29) is 0 Å². The molecule has 18 heavy (non-hydrogen) atoms. The average Bonchev–Trinajstić information content (AvgIpc) is 2.45. The highest BCUT2D eigenvalue weighted by molar-refractivity contribution is 5.53. The van der Waals surface area contributed by atoms with Gasteiger partial charge in [0.05, 0.1) is 0 Å². The van der Waals surface area contributed by atoms with Crippen LogP contribution in [0.2, 0.25) is 0 Å². The minimum Gasteiger partial charge on any atom is -0.0985 e. The van der Waals surface area contributed by atoms with Gasteiger partial charge in [-0.2, -0.15) is 0 Å². The summed E-state index contributed by atoms with van der Waals surface area (Å²) in [6.45, 7) is 7.64. The van der Waals surface area contributed by atoms with Gasteiger partial charge in [0.25, 0.3) is 0 Å². The first-order valence-electron chi connectivity index (χ1n) is 6.09. The Kier molecular flexibility index (Phi) is 4.14. The van der Waals surface area contributed by atoms with Crippen LogP contribution < -0.4 is 0 Å². The first-order valence-corrected chi connectivity index (χ1v) is 6.09. The molecule has 0 aliphatic rings. The molecule has 2 aromatic rings. The maximum atomic E-state index is 3.85. The van der Waals surface area contributed by atoms with E-state index in [9.17, 15) is 0 Å². The van der Waals surface area contributed by atoms with Crippen molar-refractivity contribution < 1.29 is 0 Å². The van der Waals surface area contributed by atoms with Gasteiger partial charge in [-0.05, 0) is 35.1 Å². The molecule has 0 nitrogen and oxygen atoms in total. The van der Waals surface area contributed by atoms with Crippen LogP contribution >= 0.6 is 0 Å². The Balaban J connectivity index is 2.11. The number of hydrogen-bond donors (Lipinski definition) is 0. The predicted molar refractivity (Wildman–Crippen MR) is 80.2 cm³/mol. The Labute approximate surface area is 109 Å². The fraction of sp³-hybridized carbons (Fsp3) is 0.0556. The van der Waals surface area contributed by atoms with Crippen LogP contribution in [0.1, 0.15) is 22.3 Å². The van der Waals surface area contributed by atoms with E-state index in [0.29, 0.717) is 0 Å². The van der Waals surface area contributed by atoms with Crippen LogP contribution in [0.4, 0.5) is 0 Å². The highest BCUT2D eigenvalue weighted by atomic mass is 14.0. The molecule has 0 aliphatic heterocycles. The van der Waals surface area contributed by atoms with Crippen molar-refractivity contribution in [1.29, 1.82) is 0 Å². The van der Waals surface area contributed by atoms with Crippen molar-refractivity contribution in [3.8, 4) is 0 Å². The molecule has 1 radical (unpaired) electrons. The fourth-order valence-corrected chi connectivity index (χ4v) is 1.96. The van der Waals surface area contributed by atoms with Gasteiger partial charge >= 0.3 is 0 Å². The molecule has 0 N–H and O–H groups in total. The Morgan fingerprint density at radius 3 is 2.39 bits per heavy atom. The van der Waals surface area contributed by atoms with E-state index >= 15 is 0 Å². The minimum atomic E-state index is 0.919. The normalized spacial score (nSPS) is 10.0. The molecular formula is C18H17. The third-order valence-electron chi connectivity index (χ3n) is 2.98. The third-order valence-corrected chi connectivity index (χ3v) is 2.98. The van der Waals surface area contributed by atoms with Gasteiger partial charge in [-0.15, -0.1) is 0 Å². The topological polar surface area (TPSA) is 0 Å². The van der Waals surface area contributed by atoms with Gasteiger partial charge in [0.2, 0.25) is 0 Å². The second-order valence-corrected chi connectivity index (χ2v) is 4.19. The lowest BCUT2D eigenvalue weighted by Gasteiger charge is -2.06. The van der Waals surface area contributed by atoms with Gasteiger partial charge in [-0.1, -0.05) is 73.8 Å². The standard InChI is InChI=1S/C18H17/c1-3-15-8-7-9-16(14-15)12-13-18-11-6-5-10-17(18)4-2/h3-12,14H,1-2,13H2. The van der Waals surface area contributed by atoms with Crippen LogP contribution in [0.5, 0.6) is 0 Å². The zero-order valence-corrected chi connectivity index (χ0v) is 10.5. The molecular weight excluding hydrogens is 216 g/mol. The molecule has 2 aromatic carbocycles. The molecule has 0 atom stereocenters. The van der Waals surface area contributed by atoms with Crippen molar-refractivity contribution in [2.75, 3.05) is 0 Å². The van der Waals surface area contributed by atoms with Crippen LogP contribution in [0.25, 0.3) is 12.2 Å². The number of hydrogen-bond acceptors (Lipinski definition) is 0. The summed E-state index contributed by atoms with van der Waals surface area (Å²) in [6, 6.07) is 16.7. The molecule has 0 heterocycles. The first kappa shape index (κ1) is 12.4. The van der Waals surface area contributed by atoms with Crippen LogP contribution in [-0.4, -0.2) is 0 Å². The molecule has 0 fully saturated rings. The molecule has 2 rings (SSSR count).